The van der Waals surface area contributed by atoms with Crippen LogP contribution in [0.3, 0.4) is 0 Å². The van der Waals surface area contributed by atoms with Crippen molar-refractivity contribution in [1.82, 2.24) is 0 Å². The monoisotopic (exact) mass is 545 g/mol. The van der Waals surface area contributed by atoms with Gasteiger partial charge in [-0.25, -0.2) is 0 Å². The molecule has 4 unspecified atom stereocenters. The molecule has 3 aliphatic rings. The van der Waals surface area contributed by atoms with Gasteiger partial charge >= 0.3 is 0 Å². The maximum atomic E-state index is 13.7. The van der Waals surface area contributed by atoms with Crippen LogP contribution in [-0.2, 0) is 15.9 Å². The first-order valence-electron chi connectivity index (χ1n) is 12.6. The molecule has 8 N–H and O–H groups in total. The number of carbonyl (C=O) groups excluding carboxylic acids is 2. The highest BCUT2D eigenvalue weighted by Gasteiger charge is 2.49. The van der Waals surface area contributed by atoms with E-state index in [0.29, 0.717) is 0 Å². The van der Waals surface area contributed by atoms with Crippen LogP contribution >= 0.6 is 0 Å². The van der Waals surface area contributed by atoms with Crippen LogP contribution in [0.15, 0.2) is 12.1 Å². The number of rotatable bonds is 4. The average molecular weight is 546 g/mol. The molecule has 0 amide bonds. The number of aliphatic hydroxyl groups is 3. The number of hydrogen-bond acceptors (Lipinski definition) is 12. The van der Waals surface area contributed by atoms with Gasteiger partial charge in [0.05, 0.1) is 59.4 Å². The zero-order chi connectivity index (χ0) is 28.5. The molecule has 2 aliphatic carbocycles. The first kappa shape index (κ1) is 27.3. The van der Waals surface area contributed by atoms with Gasteiger partial charge in [-0.1, -0.05) is 0 Å². The molecule has 210 valence electrons. The second-order valence-corrected chi connectivity index (χ2v) is 10.5. The number of benzene rings is 2. The van der Waals surface area contributed by atoms with Gasteiger partial charge in [0.1, 0.15) is 23.0 Å². The van der Waals surface area contributed by atoms with E-state index in [9.17, 15) is 40.2 Å². The summed E-state index contributed by atoms with van der Waals surface area (Å²) in [7, 11) is 1.28. The Kier molecular flexibility index (Phi) is 6.61. The zero-order valence-corrected chi connectivity index (χ0v) is 21.5. The number of hydrogen-bond donors (Lipinski definition) is 7. The summed E-state index contributed by atoms with van der Waals surface area (Å²) in [5, 5.41) is 65.1. The van der Waals surface area contributed by atoms with E-state index in [-0.39, 0.29) is 41.7 Å². The van der Waals surface area contributed by atoms with Gasteiger partial charge in [-0.15, -0.1) is 0 Å². The zero-order valence-electron chi connectivity index (χ0n) is 21.5. The Hall–Kier alpha value is -3.26. The molecule has 0 spiro atoms. The van der Waals surface area contributed by atoms with Gasteiger partial charge < -0.3 is 50.6 Å². The Morgan fingerprint density at radius 3 is 2.33 bits per heavy atom. The summed E-state index contributed by atoms with van der Waals surface area (Å²) in [6.07, 6.45) is -5.78. The lowest BCUT2D eigenvalue weighted by atomic mass is 9.71. The smallest absolute Gasteiger partial charge is 0.202 e. The van der Waals surface area contributed by atoms with Crippen molar-refractivity contribution >= 4 is 11.6 Å². The van der Waals surface area contributed by atoms with Crippen LogP contribution in [0.4, 0.5) is 0 Å². The molecule has 7 atom stereocenters. The highest BCUT2D eigenvalue weighted by atomic mass is 16.7. The second kappa shape index (κ2) is 9.44. The average Bonchev–Trinajstić information content (AvgIpc) is 2.87. The van der Waals surface area contributed by atoms with Crippen LogP contribution in [0.2, 0.25) is 0 Å². The van der Waals surface area contributed by atoms with E-state index >= 15 is 0 Å². The van der Waals surface area contributed by atoms with Crippen molar-refractivity contribution in [3.05, 3.63) is 45.5 Å². The van der Waals surface area contributed by atoms with Gasteiger partial charge in [-0.05, 0) is 26.0 Å². The predicted octanol–water partition coefficient (Wildman–Crippen LogP) is 0.526. The lowest BCUT2D eigenvalue weighted by Gasteiger charge is -2.43. The number of methoxy groups -OCH3 is 1. The highest BCUT2D eigenvalue weighted by molar-refractivity contribution is 6.32. The van der Waals surface area contributed by atoms with Crippen molar-refractivity contribution in [2.24, 2.45) is 5.73 Å². The number of aromatic hydroxyl groups is 3. The van der Waals surface area contributed by atoms with Gasteiger partial charge in [0, 0.05) is 36.4 Å². The van der Waals surface area contributed by atoms with Crippen LogP contribution in [0, 0.1) is 0 Å². The Balaban J connectivity index is 1.69. The summed E-state index contributed by atoms with van der Waals surface area (Å²) in [5.41, 5.74) is 2.27. The van der Waals surface area contributed by atoms with Gasteiger partial charge in [-0.2, -0.15) is 0 Å². The lowest BCUT2D eigenvalue weighted by molar-refractivity contribution is -0.250. The number of carbonyl (C=O) groups is 2. The third kappa shape index (κ3) is 4.06. The van der Waals surface area contributed by atoms with Crippen LogP contribution in [0.5, 0.6) is 23.0 Å². The standard InChI is InChI=1S/C27H31NO11/c1-9-22(31)12(28)6-16(38-9)39-15-8-27(36,10(2)29)7-11-17(15)24(33)21-20(23(11)32)25(34)18-13(30)4-5-14(37-3)19(18)26(21)35/h4-5,9-10,12,15-16,22,29-33,36H,6-8,28H2,1-3H3/t9?,10?,12?,15?,16-,22+,27-/m0/s1. The highest BCUT2D eigenvalue weighted by Crippen LogP contribution is 2.53. The number of nitrogens with two attached hydrogens (primary N) is 1. The van der Waals surface area contributed by atoms with Crippen LogP contribution in [0.1, 0.15) is 75.8 Å². The molecule has 0 bridgehead atoms. The molecule has 1 fully saturated rings. The van der Waals surface area contributed by atoms with Gasteiger partial charge in [-0.3, -0.25) is 9.59 Å². The summed E-state index contributed by atoms with van der Waals surface area (Å²) in [4.78, 5) is 27.2. The Morgan fingerprint density at radius 1 is 1.08 bits per heavy atom. The molecule has 0 aromatic heterocycles. The number of ketones is 2. The summed E-state index contributed by atoms with van der Waals surface area (Å²) in [5.74, 6) is -3.68. The van der Waals surface area contributed by atoms with E-state index in [0.717, 1.165) is 0 Å². The van der Waals surface area contributed by atoms with E-state index in [2.05, 4.69) is 0 Å². The van der Waals surface area contributed by atoms with Crippen LogP contribution in [0.25, 0.3) is 0 Å². The van der Waals surface area contributed by atoms with Crippen molar-refractivity contribution in [2.75, 3.05) is 7.11 Å². The molecule has 0 saturated carbocycles. The van der Waals surface area contributed by atoms with Crippen molar-refractivity contribution in [3.63, 3.8) is 0 Å². The van der Waals surface area contributed by atoms with E-state index in [1.54, 1.807) is 6.92 Å². The Morgan fingerprint density at radius 2 is 1.72 bits per heavy atom. The number of phenolic OH excluding ortho intramolecular Hbond substituents is 3. The first-order valence-corrected chi connectivity index (χ1v) is 12.6. The van der Waals surface area contributed by atoms with Gasteiger partial charge in [0.2, 0.25) is 11.6 Å². The minimum Gasteiger partial charge on any atom is -0.507 e. The molecule has 39 heavy (non-hydrogen) atoms. The van der Waals surface area contributed by atoms with E-state index in [1.807, 2.05) is 0 Å². The predicted molar refractivity (Wildman–Crippen MR) is 133 cm³/mol. The van der Waals surface area contributed by atoms with Crippen molar-refractivity contribution in [2.45, 2.75) is 75.5 Å². The maximum absolute atomic E-state index is 13.7. The fourth-order valence-electron chi connectivity index (χ4n) is 5.80. The number of fused-ring (bicyclic) bond motifs is 3. The summed E-state index contributed by atoms with van der Waals surface area (Å²) >= 11 is 0. The fraction of sp³-hybridized carbons (Fsp3) is 0.481. The Labute approximate surface area is 223 Å². The summed E-state index contributed by atoms with van der Waals surface area (Å²) in [6, 6.07) is 1.78. The van der Waals surface area contributed by atoms with Gasteiger partial charge in [0.15, 0.2) is 6.29 Å². The SMILES string of the molecule is COc1ccc(O)c2c1C(=O)c1c(O)c3c(c(O)c1C2=O)C[C@@](O)(C(C)O)CC3O[C@H]1CC(N)[C@H](O)C(C)O1. The maximum Gasteiger partial charge on any atom is 0.202 e. The molecule has 0 radical (unpaired) electrons. The van der Waals surface area contributed by atoms with Gasteiger partial charge in [0.25, 0.3) is 0 Å². The summed E-state index contributed by atoms with van der Waals surface area (Å²) in [6.45, 7) is 2.95. The first-order chi connectivity index (χ1) is 18.3. The number of phenols is 3. The Bertz CT molecular complexity index is 1360. The molecular weight excluding hydrogens is 514 g/mol. The van der Waals surface area contributed by atoms with Crippen LogP contribution < -0.4 is 10.5 Å². The topological polar surface area (TPSA) is 209 Å². The molecule has 12 heteroatoms. The van der Waals surface area contributed by atoms with Crippen molar-refractivity contribution < 1.29 is 54.4 Å². The molecule has 1 aliphatic heterocycles. The molecular formula is C27H31NO11. The lowest BCUT2D eigenvalue weighted by Crippen LogP contribution is -2.53. The van der Waals surface area contributed by atoms with E-state index < -0.39 is 87.9 Å². The van der Waals surface area contributed by atoms with Crippen LogP contribution in [-0.4, -0.2) is 85.6 Å². The minimum atomic E-state index is -1.86. The molecule has 1 saturated heterocycles. The minimum absolute atomic E-state index is 0.0168. The molecule has 1 heterocycles. The largest absolute Gasteiger partial charge is 0.507 e. The molecule has 2 aromatic rings. The van der Waals surface area contributed by atoms with Crippen molar-refractivity contribution in [1.29, 1.82) is 0 Å². The summed E-state index contributed by atoms with van der Waals surface area (Å²) < 4.78 is 17.0. The van der Waals surface area contributed by atoms with E-state index in [4.69, 9.17) is 19.9 Å². The molecule has 5 rings (SSSR count). The third-order valence-corrected chi connectivity index (χ3v) is 8.05. The van der Waals surface area contributed by atoms with E-state index in [1.165, 1.54) is 26.2 Å². The molecule has 2 aromatic carbocycles. The normalized spacial score (nSPS) is 30.8. The molecule has 12 nitrogen and oxygen atoms in total. The fourth-order valence-corrected chi connectivity index (χ4v) is 5.80. The number of ether oxygens (including phenoxy) is 3. The second-order valence-electron chi connectivity index (χ2n) is 10.5. The number of aliphatic hydroxyl groups excluding tert-OH is 2. The third-order valence-electron chi connectivity index (χ3n) is 8.05. The quantitative estimate of drug-likeness (QED) is 0.224. The van der Waals surface area contributed by atoms with Crippen molar-refractivity contribution in [3.8, 4) is 23.0 Å².